The molecule has 3 nitrogen and oxygen atoms in total. The van der Waals surface area contributed by atoms with Gasteiger partial charge >= 0.3 is 0 Å². The summed E-state index contributed by atoms with van der Waals surface area (Å²) < 4.78 is 14.6. The van der Waals surface area contributed by atoms with Crippen LogP contribution in [0.25, 0.3) is 0 Å². The summed E-state index contributed by atoms with van der Waals surface area (Å²) in [5, 5.41) is 0. The fourth-order valence-corrected chi connectivity index (χ4v) is 4.14. The number of amides is 2. The smallest absolute Gasteiger partial charge is 0.238 e. The maximum Gasteiger partial charge on any atom is 0.238 e. The highest BCUT2D eigenvalue weighted by Crippen LogP contribution is 2.53. The summed E-state index contributed by atoms with van der Waals surface area (Å²) in [6.07, 6.45) is 4.93. The SMILES string of the molecule is O=C1[C@@H]2[C@@H](C(=O)N1c1ccc(Br)cc1F)[C@H]1C=C[C@H]2C1. The first-order valence-electron chi connectivity index (χ1n) is 6.59. The number of anilines is 1. The van der Waals surface area contributed by atoms with Gasteiger partial charge in [-0.05, 0) is 36.5 Å². The van der Waals surface area contributed by atoms with E-state index >= 15 is 0 Å². The van der Waals surface area contributed by atoms with Gasteiger partial charge in [-0.25, -0.2) is 9.29 Å². The van der Waals surface area contributed by atoms with E-state index in [0.717, 1.165) is 11.3 Å². The van der Waals surface area contributed by atoms with Crippen molar-refractivity contribution < 1.29 is 14.0 Å². The third-order valence-corrected chi connectivity index (χ3v) is 5.11. The molecule has 2 fully saturated rings. The fourth-order valence-electron chi connectivity index (χ4n) is 3.80. The molecule has 1 saturated heterocycles. The van der Waals surface area contributed by atoms with E-state index in [9.17, 15) is 14.0 Å². The molecule has 2 aliphatic carbocycles. The van der Waals surface area contributed by atoms with Gasteiger partial charge in [0.25, 0.3) is 0 Å². The lowest BCUT2D eigenvalue weighted by atomic mass is 9.85. The Bertz CT molecular complexity index is 642. The van der Waals surface area contributed by atoms with Crippen LogP contribution in [0.5, 0.6) is 0 Å². The van der Waals surface area contributed by atoms with E-state index in [4.69, 9.17) is 0 Å². The number of rotatable bonds is 1. The van der Waals surface area contributed by atoms with E-state index in [1.807, 2.05) is 12.2 Å². The number of hydrogen-bond donors (Lipinski definition) is 0. The summed E-state index contributed by atoms with van der Waals surface area (Å²) >= 11 is 3.17. The highest BCUT2D eigenvalue weighted by molar-refractivity contribution is 9.10. The van der Waals surface area contributed by atoms with E-state index in [1.54, 1.807) is 6.07 Å². The Morgan fingerprint density at radius 3 is 2.25 bits per heavy atom. The first kappa shape index (κ1) is 12.3. The normalized spacial score (nSPS) is 34.2. The molecule has 1 saturated carbocycles. The van der Waals surface area contributed by atoms with Crippen molar-refractivity contribution in [2.45, 2.75) is 6.42 Å². The molecular formula is C15H11BrFNO2. The van der Waals surface area contributed by atoms with Crippen molar-refractivity contribution in [3.05, 3.63) is 40.6 Å². The lowest BCUT2D eigenvalue weighted by Gasteiger charge is -2.18. The minimum absolute atomic E-state index is 0.0667. The largest absolute Gasteiger partial charge is 0.274 e. The number of halogens is 2. The molecule has 1 aliphatic heterocycles. The number of benzene rings is 1. The van der Waals surface area contributed by atoms with Crippen LogP contribution in [0.15, 0.2) is 34.8 Å². The van der Waals surface area contributed by atoms with E-state index in [0.29, 0.717) is 4.47 Å². The monoisotopic (exact) mass is 335 g/mol. The number of fused-ring (bicyclic) bond motifs is 5. The van der Waals surface area contributed by atoms with Crippen LogP contribution in [-0.4, -0.2) is 11.8 Å². The van der Waals surface area contributed by atoms with Crippen LogP contribution in [-0.2, 0) is 9.59 Å². The van der Waals surface area contributed by atoms with Gasteiger partial charge < -0.3 is 0 Å². The molecule has 1 heterocycles. The predicted molar refractivity (Wildman–Crippen MR) is 74.3 cm³/mol. The molecule has 2 bridgehead atoms. The van der Waals surface area contributed by atoms with Crippen LogP contribution in [0.1, 0.15) is 6.42 Å². The van der Waals surface area contributed by atoms with Gasteiger partial charge in [0.2, 0.25) is 11.8 Å². The Morgan fingerprint density at radius 1 is 1.10 bits per heavy atom. The van der Waals surface area contributed by atoms with E-state index in [-0.39, 0.29) is 41.2 Å². The van der Waals surface area contributed by atoms with Gasteiger partial charge in [-0.1, -0.05) is 28.1 Å². The number of carbonyl (C=O) groups excluding carboxylic acids is 2. The predicted octanol–water partition coefficient (Wildman–Crippen LogP) is 2.90. The Labute approximate surface area is 123 Å². The van der Waals surface area contributed by atoms with Gasteiger partial charge in [-0.15, -0.1) is 0 Å². The van der Waals surface area contributed by atoms with Gasteiger partial charge in [0, 0.05) is 4.47 Å². The summed E-state index contributed by atoms with van der Waals surface area (Å²) in [4.78, 5) is 26.1. The second-order valence-electron chi connectivity index (χ2n) is 5.61. The summed E-state index contributed by atoms with van der Waals surface area (Å²) in [5.74, 6) is -1.35. The molecule has 5 heteroatoms. The summed E-state index contributed by atoms with van der Waals surface area (Å²) in [6.45, 7) is 0. The first-order valence-corrected chi connectivity index (χ1v) is 7.38. The first-order chi connectivity index (χ1) is 9.58. The van der Waals surface area contributed by atoms with E-state index < -0.39 is 5.82 Å². The minimum Gasteiger partial charge on any atom is -0.274 e. The molecule has 0 radical (unpaired) electrons. The van der Waals surface area contributed by atoms with Crippen molar-refractivity contribution in [2.24, 2.45) is 23.7 Å². The Kier molecular flexibility index (Phi) is 2.46. The zero-order chi connectivity index (χ0) is 14.0. The molecule has 4 rings (SSSR count). The molecule has 4 atom stereocenters. The molecule has 1 aromatic rings. The quantitative estimate of drug-likeness (QED) is 0.584. The second-order valence-corrected chi connectivity index (χ2v) is 6.52. The van der Waals surface area contributed by atoms with Gasteiger partial charge in [0.05, 0.1) is 17.5 Å². The van der Waals surface area contributed by atoms with Gasteiger partial charge in [0.1, 0.15) is 5.82 Å². The third-order valence-electron chi connectivity index (χ3n) is 4.62. The molecular weight excluding hydrogens is 325 g/mol. The van der Waals surface area contributed by atoms with E-state index in [1.165, 1.54) is 12.1 Å². The maximum atomic E-state index is 14.0. The zero-order valence-corrected chi connectivity index (χ0v) is 12.0. The van der Waals surface area contributed by atoms with E-state index in [2.05, 4.69) is 15.9 Å². The number of nitrogens with zero attached hydrogens (tertiary/aromatic N) is 1. The van der Waals surface area contributed by atoms with Crippen LogP contribution in [0.2, 0.25) is 0 Å². The van der Waals surface area contributed by atoms with Crippen molar-refractivity contribution in [1.29, 1.82) is 0 Å². The van der Waals surface area contributed by atoms with Crippen LogP contribution in [0, 0.1) is 29.5 Å². The van der Waals surface area contributed by atoms with Crippen molar-refractivity contribution in [3.8, 4) is 0 Å². The lowest BCUT2D eigenvalue weighted by Crippen LogP contribution is -2.33. The molecule has 0 unspecified atom stereocenters. The summed E-state index contributed by atoms with van der Waals surface area (Å²) in [5.41, 5.74) is 0.0667. The molecule has 0 aromatic heterocycles. The number of carbonyl (C=O) groups is 2. The molecule has 0 spiro atoms. The summed E-state index contributed by atoms with van der Waals surface area (Å²) in [6, 6.07) is 4.39. The van der Waals surface area contributed by atoms with Crippen LogP contribution >= 0.6 is 15.9 Å². The molecule has 20 heavy (non-hydrogen) atoms. The van der Waals surface area contributed by atoms with Gasteiger partial charge in [-0.3, -0.25) is 9.59 Å². The van der Waals surface area contributed by atoms with Crippen LogP contribution < -0.4 is 4.90 Å². The molecule has 0 N–H and O–H groups in total. The summed E-state index contributed by atoms with van der Waals surface area (Å²) in [7, 11) is 0. The lowest BCUT2D eigenvalue weighted by molar-refractivity contribution is -0.123. The van der Waals surface area contributed by atoms with Crippen molar-refractivity contribution in [3.63, 3.8) is 0 Å². The van der Waals surface area contributed by atoms with Crippen molar-refractivity contribution in [2.75, 3.05) is 4.90 Å². The highest BCUT2D eigenvalue weighted by Gasteiger charge is 2.59. The maximum absolute atomic E-state index is 14.0. The standard InChI is InChI=1S/C15H11BrFNO2/c16-9-3-4-11(10(17)6-9)18-14(19)12-7-1-2-8(5-7)13(12)15(18)20/h1-4,6-8,12-13H,5H2/t7-,8-,12-,13-/m0/s1. The fraction of sp³-hybridized carbons (Fsp3) is 0.333. The van der Waals surface area contributed by atoms with Crippen molar-refractivity contribution in [1.82, 2.24) is 0 Å². The van der Waals surface area contributed by atoms with Gasteiger partial charge in [0.15, 0.2) is 0 Å². The minimum atomic E-state index is -0.554. The third kappa shape index (κ3) is 1.44. The van der Waals surface area contributed by atoms with Crippen LogP contribution in [0.3, 0.4) is 0 Å². The Balaban J connectivity index is 1.78. The highest BCUT2D eigenvalue weighted by atomic mass is 79.9. The molecule has 3 aliphatic rings. The topological polar surface area (TPSA) is 37.4 Å². The Hall–Kier alpha value is -1.49. The number of hydrogen-bond acceptors (Lipinski definition) is 2. The average molecular weight is 336 g/mol. The van der Waals surface area contributed by atoms with Crippen molar-refractivity contribution >= 4 is 33.4 Å². The molecule has 2 amide bonds. The Morgan fingerprint density at radius 2 is 1.70 bits per heavy atom. The second kappa shape index (κ2) is 4.01. The van der Waals surface area contributed by atoms with Gasteiger partial charge in [-0.2, -0.15) is 0 Å². The number of imide groups is 1. The number of allylic oxidation sites excluding steroid dienone is 2. The molecule has 102 valence electrons. The van der Waals surface area contributed by atoms with Crippen LogP contribution in [0.4, 0.5) is 10.1 Å². The zero-order valence-electron chi connectivity index (χ0n) is 10.4. The average Bonchev–Trinajstić information content (AvgIpc) is 3.06. The molecule has 1 aromatic carbocycles.